The first kappa shape index (κ1) is 23.1. The number of fused-ring (bicyclic) bond motifs is 5. The minimum absolute atomic E-state index is 0.0580. The monoisotopic (exact) mass is 437 g/mol. The van der Waals surface area contributed by atoms with Gasteiger partial charge >= 0.3 is 0 Å². The maximum atomic E-state index is 11.5. The minimum Gasteiger partial charge on any atom is -0.298 e. The second kappa shape index (κ2) is 8.88. The quantitative estimate of drug-likeness (QED) is 0.334. The molecule has 29 heavy (non-hydrogen) atoms. The van der Waals surface area contributed by atoms with Crippen LogP contribution in [0.1, 0.15) is 65.7 Å². The molecule has 162 valence electrons. The molecule has 3 nitrogen and oxygen atoms in total. The lowest BCUT2D eigenvalue weighted by Crippen LogP contribution is -2.51. The fourth-order valence-corrected chi connectivity index (χ4v) is 7.52. The van der Waals surface area contributed by atoms with Gasteiger partial charge in [0.05, 0.1) is 0 Å². The van der Waals surface area contributed by atoms with Crippen LogP contribution < -0.4 is 0 Å². The molecule has 0 aromatic carbocycles. The van der Waals surface area contributed by atoms with E-state index in [0.29, 0.717) is 16.9 Å². The van der Waals surface area contributed by atoms with Crippen LogP contribution >= 0.6 is 24.4 Å². The first-order valence-corrected chi connectivity index (χ1v) is 11.8. The van der Waals surface area contributed by atoms with Gasteiger partial charge in [-0.1, -0.05) is 44.8 Å². The molecule has 0 bridgehead atoms. The summed E-state index contributed by atoms with van der Waals surface area (Å²) < 4.78 is 2.23. The zero-order chi connectivity index (χ0) is 21.4. The summed E-state index contributed by atoms with van der Waals surface area (Å²) in [6.45, 7) is 12.1. The normalized spacial score (nSPS) is 41.8. The van der Waals surface area contributed by atoms with Gasteiger partial charge < -0.3 is 0 Å². The Kier molecular flexibility index (Phi) is 7.07. The van der Waals surface area contributed by atoms with Gasteiger partial charge in [-0.15, -0.1) is 0 Å². The standard InChI is InChI=1S/C20H30ClNOS.C4H6O/c1-19-8-10-22(24)9-6-14(19)3-4-15-16(19)5-7-20(2)17(15)11-13(12-23)18(20)21;1-4(2)3-5/h12,14-17,24H,3-11H2,1-2H3;3H,1H2,2H3. The Morgan fingerprint density at radius 3 is 2.45 bits per heavy atom. The molecule has 1 saturated heterocycles. The number of carbonyl (C=O) groups excluding carboxylic acids is 2. The lowest BCUT2D eigenvalue weighted by Gasteiger charge is -2.58. The predicted molar refractivity (Wildman–Crippen MR) is 123 cm³/mol. The largest absolute Gasteiger partial charge is 0.298 e. The molecule has 0 amide bonds. The van der Waals surface area contributed by atoms with Crippen molar-refractivity contribution in [2.75, 3.05) is 13.1 Å². The van der Waals surface area contributed by atoms with Crippen LogP contribution in [0, 0.1) is 34.5 Å². The Morgan fingerprint density at radius 2 is 1.83 bits per heavy atom. The highest BCUT2D eigenvalue weighted by atomic mass is 35.5. The molecule has 0 spiro atoms. The van der Waals surface area contributed by atoms with Crippen molar-refractivity contribution in [3.63, 3.8) is 0 Å². The van der Waals surface area contributed by atoms with E-state index in [0.717, 1.165) is 66.9 Å². The van der Waals surface area contributed by atoms with Crippen molar-refractivity contribution in [2.24, 2.45) is 34.5 Å². The maximum absolute atomic E-state index is 11.5. The van der Waals surface area contributed by atoms with Crippen molar-refractivity contribution >= 4 is 37.0 Å². The van der Waals surface area contributed by atoms with Gasteiger partial charge in [0.1, 0.15) is 12.6 Å². The Balaban J connectivity index is 0.000000431. The zero-order valence-corrected chi connectivity index (χ0v) is 19.8. The summed E-state index contributed by atoms with van der Waals surface area (Å²) in [6, 6.07) is 0. The fourth-order valence-electron chi connectivity index (χ4n) is 6.95. The number of thiol groups is 1. The van der Waals surface area contributed by atoms with Crippen LogP contribution in [-0.2, 0) is 9.59 Å². The van der Waals surface area contributed by atoms with Crippen LogP contribution in [0.2, 0.25) is 0 Å². The molecule has 6 unspecified atom stereocenters. The van der Waals surface area contributed by atoms with E-state index >= 15 is 0 Å². The molecule has 2 saturated carbocycles. The second-order valence-electron chi connectivity index (χ2n) is 10.2. The maximum Gasteiger partial charge on any atom is 0.147 e. The Hall–Kier alpha value is -0.580. The van der Waals surface area contributed by atoms with Crippen molar-refractivity contribution in [3.8, 4) is 0 Å². The molecule has 5 heteroatoms. The molecule has 4 aliphatic rings. The van der Waals surface area contributed by atoms with Crippen molar-refractivity contribution in [3.05, 3.63) is 22.8 Å². The van der Waals surface area contributed by atoms with E-state index in [-0.39, 0.29) is 5.41 Å². The zero-order valence-electron chi connectivity index (χ0n) is 18.1. The summed E-state index contributed by atoms with van der Waals surface area (Å²) in [7, 11) is 0. The van der Waals surface area contributed by atoms with Gasteiger partial charge in [0, 0.05) is 29.1 Å². The van der Waals surface area contributed by atoms with Crippen LogP contribution in [0.25, 0.3) is 0 Å². The summed E-state index contributed by atoms with van der Waals surface area (Å²) in [4.78, 5) is 20.9. The molecular weight excluding hydrogens is 402 g/mol. The summed E-state index contributed by atoms with van der Waals surface area (Å²) >= 11 is 11.3. The number of rotatable bonds is 2. The summed E-state index contributed by atoms with van der Waals surface area (Å²) in [5.41, 5.74) is 1.96. The van der Waals surface area contributed by atoms with Crippen LogP contribution in [0.5, 0.6) is 0 Å². The number of nitrogens with zero attached hydrogens (tertiary/aromatic N) is 1. The Labute approximate surface area is 186 Å². The summed E-state index contributed by atoms with van der Waals surface area (Å²) in [5.74, 6) is 2.96. The van der Waals surface area contributed by atoms with E-state index in [9.17, 15) is 9.59 Å². The van der Waals surface area contributed by atoms with Crippen LogP contribution in [0.3, 0.4) is 0 Å². The van der Waals surface area contributed by atoms with Gasteiger partial charge in [-0.2, -0.15) is 0 Å². The average Bonchev–Trinajstić information content (AvgIpc) is 2.86. The summed E-state index contributed by atoms with van der Waals surface area (Å²) in [5, 5.41) is 0.885. The molecule has 0 aromatic rings. The van der Waals surface area contributed by atoms with Crippen molar-refractivity contribution in [1.82, 2.24) is 4.31 Å². The van der Waals surface area contributed by atoms with E-state index in [4.69, 9.17) is 11.6 Å². The number of carbonyl (C=O) groups is 2. The Morgan fingerprint density at radius 1 is 1.14 bits per heavy atom. The van der Waals surface area contributed by atoms with Gasteiger partial charge in [-0.3, -0.25) is 13.9 Å². The SMILES string of the molecule is C=C(C)C=O.CC12CCC3C(CCC4CCN(S)CCC43C)C1CC(C=O)=C2Cl. The molecule has 6 atom stereocenters. The van der Waals surface area contributed by atoms with E-state index in [2.05, 4.69) is 37.5 Å². The molecule has 0 aromatic heterocycles. The number of allylic oxidation sites excluding steroid dienone is 3. The Bertz CT molecular complexity index is 707. The van der Waals surface area contributed by atoms with E-state index in [1.54, 1.807) is 6.92 Å². The second-order valence-corrected chi connectivity index (χ2v) is 11.2. The molecule has 0 radical (unpaired) electrons. The first-order valence-electron chi connectivity index (χ1n) is 11.1. The predicted octanol–water partition coefficient (Wildman–Crippen LogP) is 5.85. The lowest BCUT2D eigenvalue weighted by molar-refractivity contribution is -0.105. The fraction of sp³-hybridized carbons (Fsp3) is 0.750. The third-order valence-corrected chi connectivity index (χ3v) is 9.74. The van der Waals surface area contributed by atoms with Crippen molar-refractivity contribution in [1.29, 1.82) is 0 Å². The molecule has 1 aliphatic heterocycles. The third-order valence-electron chi connectivity index (χ3n) is 8.67. The highest BCUT2D eigenvalue weighted by Crippen LogP contribution is 2.66. The smallest absolute Gasteiger partial charge is 0.147 e. The van der Waals surface area contributed by atoms with Crippen molar-refractivity contribution < 1.29 is 9.59 Å². The number of halogens is 1. The average molecular weight is 438 g/mol. The van der Waals surface area contributed by atoms with Gasteiger partial charge in [0.2, 0.25) is 0 Å². The van der Waals surface area contributed by atoms with Crippen LogP contribution in [-0.4, -0.2) is 30.0 Å². The van der Waals surface area contributed by atoms with Gasteiger partial charge in [0.15, 0.2) is 0 Å². The molecule has 3 aliphatic carbocycles. The highest BCUT2D eigenvalue weighted by Gasteiger charge is 2.58. The third kappa shape index (κ3) is 4.14. The lowest BCUT2D eigenvalue weighted by atomic mass is 9.47. The highest BCUT2D eigenvalue weighted by molar-refractivity contribution is 7.77. The van der Waals surface area contributed by atoms with Crippen LogP contribution in [0.4, 0.5) is 0 Å². The van der Waals surface area contributed by atoms with E-state index in [1.807, 2.05) is 0 Å². The van der Waals surface area contributed by atoms with Gasteiger partial charge in [0.25, 0.3) is 0 Å². The van der Waals surface area contributed by atoms with Crippen LogP contribution in [0.15, 0.2) is 22.8 Å². The van der Waals surface area contributed by atoms with Gasteiger partial charge in [-0.05, 0) is 86.5 Å². The number of hydrogen-bond acceptors (Lipinski definition) is 4. The molecule has 1 heterocycles. The number of hydrogen-bond donors (Lipinski definition) is 1. The molecular formula is C24H36ClNO2S. The first-order chi connectivity index (χ1) is 13.7. The summed E-state index contributed by atoms with van der Waals surface area (Å²) in [6.07, 6.45) is 10.3. The molecule has 4 rings (SSSR count). The van der Waals surface area contributed by atoms with Gasteiger partial charge in [-0.25, -0.2) is 0 Å². The van der Waals surface area contributed by atoms with E-state index in [1.165, 1.54) is 32.1 Å². The minimum atomic E-state index is 0.0580. The topological polar surface area (TPSA) is 37.4 Å². The van der Waals surface area contributed by atoms with E-state index < -0.39 is 0 Å². The molecule has 0 N–H and O–H groups in total. The van der Waals surface area contributed by atoms with Crippen molar-refractivity contribution in [2.45, 2.75) is 65.7 Å². The number of aldehydes is 2. The molecule has 3 fully saturated rings.